The van der Waals surface area contributed by atoms with Crippen molar-refractivity contribution in [1.29, 1.82) is 0 Å². The molecule has 0 spiro atoms. The zero-order chi connectivity index (χ0) is 20.9. The molecule has 0 atom stereocenters. The van der Waals surface area contributed by atoms with Gasteiger partial charge in [0, 0.05) is 50.9 Å². The smallest absolute Gasteiger partial charge is 0.123 e. The molecule has 0 unspecified atom stereocenters. The summed E-state index contributed by atoms with van der Waals surface area (Å²) in [5.74, 6) is 0. The lowest BCUT2D eigenvalue weighted by atomic mass is 10.1. The largest absolute Gasteiger partial charge is 0.347 e. The van der Waals surface area contributed by atoms with E-state index in [9.17, 15) is 0 Å². The third kappa shape index (κ3) is 6.15. The minimum Gasteiger partial charge on any atom is -0.347 e. The van der Waals surface area contributed by atoms with E-state index in [0.29, 0.717) is 0 Å². The number of hydrogen-bond acceptors (Lipinski definition) is 4. The van der Waals surface area contributed by atoms with Crippen LogP contribution in [0, 0.1) is 0 Å². The number of fused-ring (bicyclic) bond motifs is 1. The molecule has 1 saturated heterocycles. The van der Waals surface area contributed by atoms with Crippen LogP contribution in [0.2, 0.25) is 0 Å². The molecule has 3 heterocycles. The van der Waals surface area contributed by atoms with Crippen molar-refractivity contribution in [3.8, 4) is 5.69 Å². The maximum atomic E-state index is 3.94. The van der Waals surface area contributed by atoms with Gasteiger partial charge in [-0.1, -0.05) is 36.4 Å². The molecule has 6 nitrogen and oxygen atoms in total. The number of rotatable bonds is 8. The fraction of sp³-hybridized carbons (Fsp3) is 0.360. The van der Waals surface area contributed by atoms with E-state index in [2.05, 4.69) is 85.4 Å². The zero-order valence-electron chi connectivity index (χ0n) is 18.8. The second-order valence-electron chi connectivity index (χ2n) is 8.36. The average Bonchev–Trinajstić information content (AvgIpc) is 3.50. The molecule has 0 amide bonds. The minimum atomic E-state index is 0. The summed E-state index contributed by atoms with van der Waals surface area (Å²) in [4.78, 5) is 5.22. The molecule has 33 heavy (non-hydrogen) atoms. The lowest BCUT2D eigenvalue weighted by molar-refractivity contribution is 0.131. The van der Waals surface area contributed by atoms with E-state index in [0.717, 1.165) is 25.2 Å². The molecule has 0 N–H and O–H groups in total. The van der Waals surface area contributed by atoms with Gasteiger partial charge in [-0.15, -0.1) is 35.0 Å². The summed E-state index contributed by atoms with van der Waals surface area (Å²) < 4.78 is 4.35. The standard InChI is InChI=1S/C25H30N6.2ClH/c1-2-6-22(7-3-1)10-14-29-18-16-28(17-19-29)12-5-13-30-15-11-23-24(30)8-4-9-25(23)31-20-26-27-21-31;;/h1-4,6-9,11,15,20-21H,5,10,12-14,16-19H2;2*1H. The SMILES string of the molecule is Cl.Cl.c1ccc(CCN2CCN(CCCn3ccc4c(-n5cnnc5)cccc43)CC2)cc1. The molecule has 0 saturated carbocycles. The van der Waals surface area contributed by atoms with Gasteiger partial charge in [-0.3, -0.25) is 4.57 Å². The van der Waals surface area contributed by atoms with E-state index in [-0.39, 0.29) is 24.8 Å². The maximum Gasteiger partial charge on any atom is 0.123 e. The molecular formula is C25H32Cl2N6. The fourth-order valence-electron chi connectivity index (χ4n) is 4.59. The van der Waals surface area contributed by atoms with Crippen LogP contribution in [0.4, 0.5) is 0 Å². The molecule has 0 radical (unpaired) electrons. The van der Waals surface area contributed by atoms with Crippen LogP contribution in [0.1, 0.15) is 12.0 Å². The lowest BCUT2D eigenvalue weighted by Gasteiger charge is -2.34. The quantitative estimate of drug-likeness (QED) is 0.372. The van der Waals surface area contributed by atoms with E-state index < -0.39 is 0 Å². The van der Waals surface area contributed by atoms with Crippen LogP contribution >= 0.6 is 24.8 Å². The van der Waals surface area contributed by atoms with Crippen molar-refractivity contribution in [2.45, 2.75) is 19.4 Å². The van der Waals surface area contributed by atoms with Crippen LogP contribution in [0.5, 0.6) is 0 Å². The Labute approximate surface area is 208 Å². The first-order valence-corrected chi connectivity index (χ1v) is 11.3. The van der Waals surface area contributed by atoms with Crippen molar-refractivity contribution in [3.63, 3.8) is 0 Å². The van der Waals surface area contributed by atoms with E-state index in [4.69, 9.17) is 0 Å². The van der Waals surface area contributed by atoms with Gasteiger partial charge in [0.05, 0.1) is 11.2 Å². The third-order valence-electron chi connectivity index (χ3n) is 6.39. The van der Waals surface area contributed by atoms with Gasteiger partial charge in [-0.2, -0.15) is 0 Å². The van der Waals surface area contributed by atoms with E-state index in [1.165, 1.54) is 55.6 Å². The summed E-state index contributed by atoms with van der Waals surface area (Å²) in [7, 11) is 0. The molecule has 1 aliphatic rings. The van der Waals surface area contributed by atoms with Crippen molar-refractivity contribution in [1.82, 2.24) is 29.1 Å². The Balaban J connectivity index is 0.00000153. The number of aromatic nitrogens is 4. The average molecular weight is 487 g/mol. The molecule has 5 rings (SSSR count). The van der Waals surface area contributed by atoms with Gasteiger partial charge in [0.25, 0.3) is 0 Å². The van der Waals surface area contributed by atoms with Gasteiger partial charge >= 0.3 is 0 Å². The summed E-state index contributed by atoms with van der Waals surface area (Å²) in [5, 5.41) is 9.13. The second kappa shape index (κ2) is 12.2. The first-order chi connectivity index (χ1) is 15.4. The van der Waals surface area contributed by atoms with E-state index >= 15 is 0 Å². The lowest BCUT2D eigenvalue weighted by Crippen LogP contribution is -2.47. The van der Waals surface area contributed by atoms with Crippen LogP contribution in [0.3, 0.4) is 0 Å². The van der Waals surface area contributed by atoms with Gasteiger partial charge in [0.2, 0.25) is 0 Å². The molecular weight excluding hydrogens is 455 g/mol. The van der Waals surface area contributed by atoms with Crippen LogP contribution in [-0.2, 0) is 13.0 Å². The van der Waals surface area contributed by atoms with Crippen LogP contribution in [0.15, 0.2) is 73.4 Å². The molecule has 0 bridgehead atoms. The van der Waals surface area contributed by atoms with Crippen molar-refractivity contribution < 1.29 is 0 Å². The van der Waals surface area contributed by atoms with Crippen molar-refractivity contribution >= 4 is 35.7 Å². The summed E-state index contributed by atoms with van der Waals surface area (Å²) >= 11 is 0. The Hall–Kier alpha value is -2.38. The first kappa shape index (κ1) is 25.2. The maximum absolute atomic E-state index is 3.94. The molecule has 0 aliphatic carbocycles. The molecule has 176 valence electrons. The van der Waals surface area contributed by atoms with Gasteiger partial charge < -0.3 is 14.4 Å². The first-order valence-electron chi connectivity index (χ1n) is 11.3. The minimum absolute atomic E-state index is 0. The highest BCUT2D eigenvalue weighted by Gasteiger charge is 2.16. The predicted octanol–water partition coefficient (Wildman–Crippen LogP) is 4.32. The third-order valence-corrected chi connectivity index (χ3v) is 6.39. The zero-order valence-corrected chi connectivity index (χ0v) is 20.4. The monoisotopic (exact) mass is 486 g/mol. The number of aryl methyl sites for hydroxylation is 1. The number of benzene rings is 2. The Kier molecular flexibility index (Phi) is 9.32. The highest BCUT2D eigenvalue weighted by Crippen LogP contribution is 2.23. The Morgan fingerprint density at radius 3 is 2.12 bits per heavy atom. The van der Waals surface area contributed by atoms with Crippen LogP contribution in [-0.4, -0.2) is 68.4 Å². The Morgan fingerprint density at radius 2 is 1.39 bits per heavy atom. The summed E-state index contributed by atoms with van der Waals surface area (Å²) in [6, 6.07) is 19.5. The van der Waals surface area contributed by atoms with Crippen LogP contribution in [0.25, 0.3) is 16.6 Å². The number of halogens is 2. The van der Waals surface area contributed by atoms with Crippen molar-refractivity contribution in [2.75, 3.05) is 39.3 Å². The Bertz CT molecular complexity index is 1090. The molecule has 1 aliphatic heterocycles. The number of piperazine rings is 1. The molecule has 4 aromatic rings. The highest BCUT2D eigenvalue weighted by atomic mass is 35.5. The summed E-state index contributed by atoms with van der Waals surface area (Å²) in [6.07, 6.45) is 8.04. The number of nitrogens with zero attached hydrogens (tertiary/aromatic N) is 6. The molecule has 2 aromatic carbocycles. The van der Waals surface area contributed by atoms with Gasteiger partial charge in [-0.05, 0) is 43.1 Å². The van der Waals surface area contributed by atoms with Gasteiger partial charge in [0.15, 0.2) is 0 Å². The van der Waals surface area contributed by atoms with E-state index in [1.807, 2.05) is 4.57 Å². The second-order valence-corrected chi connectivity index (χ2v) is 8.36. The Morgan fingerprint density at radius 1 is 0.697 bits per heavy atom. The molecule has 1 fully saturated rings. The topological polar surface area (TPSA) is 42.1 Å². The fourth-order valence-corrected chi connectivity index (χ4v) is 4.59. The predicted molar refractivity (Wildman–Crippen MR) is 139 cm³/mol. The number of hydrogen-bond donors (Lipinski definition) is 0. The van der Waals surface area contributed by atoms with Crippen molar-refractivity contribution in [2.24, 2.45) is 0 Å². The normalized spacial score (nSPS) is 14.7. The summed E-state index contributed by atoms with van der Waals surface area (Å²) in [6.45, 7) is 8.10. The molecule has 8 heteroatoms. The van der Waals surface area contributed by atoms with Crippen molar-refractivity contribution in [3.05, 3.63) is 79.0 Å². The van der Waals surface area contributed by atoms with E-state index in [1.54, 1.807) is 12.7 Å². The molecule has 2 aromatic heterocycles. The van der Waals surface area contributed by atoms with Gasteiger partial charge in [0.1, 0.15) is 12.7 Å². The highest BCUT2D eigenvalue weighted by molar-refractivity contribution is 5.88. The van der Waals surface area contributed by atoms with Gasteiger partial charge in [-0.25, -0.2) is 0 Å². The van der Waals surface area contributed by atoms with Crippen LogP contribution < -0.4 is 0 Å². The summed E-state index contributed by atoms with van der Waals surface area (Å²) in [5.41, 5.74) is 3.85.